The van der Waals surface area contributed by atoms with Crippen LogP contribution in [0.3, 0.4) is 0 Å². The van der Waals surface area contributed by atoms with E-state index in [0.29, 0.717) is 32.0 Å². The fraction of sp³-hybridized carbons (Fsp3) is 0. The molecule has 0 unspecified atom stereocenters. The molecule has 0 aliphatic rings. The van der Waals surface area contributed by atoms with Crippen molar-refractivity contribution in [1.29, 1.82) is 0 Å². The molecule has 2 N–H and O–H groups in total. The zero-order valence-corrected chi connectivity index (χ0v) is 17.6. The Balaban J connectivity index is 1.59. The lowest BCUT2D eigenvalue weighted by Crippen LogP contribution is -2.11. The number of anilines is 2. The summed E-state index contributed by atoms with van der Waals surface area (Å²) in [5.74, 6) is -0.608. The monoisotopic (exact) mass is 450 g/mol. The number of hydrogen-bond acceptors (Lipinski definition) is 5. The van der Waals surface area contributed by atoms with Crippen molar-refractivity contribution in [2.75, 3.05) is 10.7 Å². The minimum atomic E-state index is -0.347. The predicted octanol–water partition coefficient (Wildman–Crippen LogP) is 6.30. The lowest BCUT2D eigenvalue weighted by Gasteiger charge is -2.05. The van der Waals surface area contributed by atoms with Gasteiger partial charge >= 0.3 is 0 Å². The van der Waals surface area contributed by atoms with Gasteiger partial charge in [-0.05, 0) is 54.1 Å². The van der Waals surface area contributed by atoms with Gasteiger partial charge in [0.05, 0.1) is 6.21 Å². The number of rotatable bonds is 6. The quantitative estimate of drug-likeness (QED) is 0.267. The van der Waals surface area contributed by atoms with Crippen molar-refractivity contribution in [3.05, 3.63) is 101 Å². The van der Waals surface area contributed by atoms with E-state index >= 15 is 0 Å². The molecule has 31 heavy (non-hydrogen) atoms. The number of amides is 1. The van der Waals surface area contributed by atoms with Gasteiger partial charge in [-0.15, -0.1) is 0 Å². The van der Waals surface area contributed by atoms with Crippen molar-refractivity contribution in [2.24, 2.45) is 5.10 Å². The molecule has 5 nitrogen and oxygen atoms in total. The molecule has 4 rings (SSSR count). The Kier molecular flexibility index (Phi) is 6.35. The highest BCUT2D eigenvalue weighted by molar-refractivity contribution is 7.20. The maximum Gasteiger partial charge on any atom is 0.256 e. The van der Waals surface area contributed by atoms with E-state index in [1.807, 2.05) is 18.2 Å². The van der Waals surface area contributed by atoms with Crippen LogP contribution < -0.4 is 10.7 Å². The standard InChI is InChI=1S/C23H16ClFN4OS/c24-18-10-6-15(7-11-18)14-26-29-23-27-20(16-8-12-19(25)13-9-16)22(31-23)28-21(30)17-4-2-1-3-5-17/h1-14H,(H,27,29)(H,28,30)/b26-14+. The van der Waals surface area contributed by atoms with E-state index in [0.717, 1.165) is 5.56 Å². The van der Waals surface area contributed by atoms with Crippen LogP contribution >= 0.6 is 22.9 Å². The predicted molar refractivity (Wildman–Crippen MR) is 125 cm³/mol. The average Bonchev–Trinajstić information content (AvgIpc) is 3.18. The van der Waals surface area contributed by atoms with Gasteiger partial charge < -0.3 is 5.32 Å². The molecular weight excluding hydrogens is 435 g/mol. The lowest BCUT2D eigenvalue weighted by atomic mass is 10.1. The second kappa shape index (κ2) is 9.51. The molecule has 8 heteroatoms. The van der Waals surface area contributed by atoms with E-state index in [1.165, 1.54) is 23.5 Å². The zero-order chi connectivity index (χ0) is 21.6. The molecule has 0 aliphatic heterocycles. The number of nitrogens with one attached hydrogen (secondary N) is 2. The average molecular weight is 451 g/mol. The molecule has 154 valence electrons. The van der Waals surface area contributed by atoms with Gasteiger partial charge in [-0.2, -0.15) is 5.10 Å². The number of halogens is 2. The summed E-state index contributed by atoms with van der Waals surface area (Å²) in [5, 5.41) is 8.75. The molecular formula is C23H16ClFN4OS. The van der Waals surface area contributed by atoms with Crippen molar-refractivity contribution in [3.63, 3.8) is 0 Å². The van der Waals surface area contributed by atoms with E-state index in [-0.39, 0.29) is 11.7 Å². The van der Waals surface area contributed by atoms with Gasteiger partial charge in [0.1, 0.15) is 16.5 Å². The van der Waals surface area contributed by atoms with Gasteiger partial charge in [-0.3, -0.25) is 10.2 Å². The summed E-state index contributed by atoms with van der Waals surface area (Å²) < 4.78 is 13.4. The highest BCUT2D eigenvalue weighted by Crippen LogP contribution is 2.36. The molecule has 0 spiro atoms. The summed E-state index contributed by atoms with van der Waals surface area (Å²) in [5.41, 5.74) is 5.47. The molecule has 0 aliphatic carbocycles. The highest BCUT2D eigenvalue weighted by Gasteiger charge is 2.16. The summed E-state index contributed by atoms with van der Waals surface area (Å²) in [7, 11) is 0. The third-order valence-electron chi connectivity index (χ3n) is 4.25. The van der Waals surface area contributed by atoms with E-state index in [9.17, 15) is 9.18 Å². The van der Waals surface area contributed by atoms with Crippen LogP contribution in [-0.2, 0) is 0 Å². The van der Waals surface area contributed by atoms with Gasteiger partial charge in [-0.25, -0.2) is 9.37 Å². The topological polar surface area (TPSA) is 66.4 Å². The first kappa shape index (κ1) is 20.7. The zero-order valence-electron chi connectivity index (χ0n) is 16.0. The van der Waals surface area contributed by atoms with Crippen LogP contribution in [0.25, 0.3) is 11.3 Å². The fourth-order valence-corrected chi connectivity index (χ4v) is 3.69. The van der Waals surface area contributed by atoms with Crippen LogP contribution in [0.5, 0.6) is 0 Å². The number of hydrogen-bond donors (Lipinski definition) is 2. The minimum Gasteiger partial charge on any atom is -0.312 e. The molecule has 0 bridgehead atoms. The van der Waals surface area contributed by atoms with Crippen LogP contribution in [0, 0.1) is 5.82 Å². The van der Waals surface area contributed by atoms with Gasteiger partial charge in [0.15, 0.2) is 0 Å². The Morgan fingerprint density at radius 3 is 2.42 bits per heavy atom. The summed E-state index contributed by atoms with van der Waals surface area (Å²) in [4.78, 5) is 17.2. The molecule has 3 aromatic carbocycles. The third-order valence-corrected chi connectivity index (χ3v) is 5.38. The second-order valence-electron chi connectivity index (χ2n) is 6.45. The van der Waals surface area contributed by atoms with Crippen LogP contribution in [0.2, 0.25) is 5.02 Å². The Morgan fingerprint density at radius 2 is 1.71 bits per heavy atom. The van der Waals surface area contributed by atoms with Gasteiger partial charge in [-0.1, -0.05) is 53.3 Å². The smallest absolute Gasteiger partial charge is 0.256 e. The molecule has 0 fully saturated rings. The summed E-state index contributed by atoms with van der Waals surface area (Å²) in [6.07, 6.45) is 1.64. The van der Waals surface area contributed by atoms with Crippen LogP contribution in [0.1, 0.15) is 15.9 Å². The van der Waals surface area contributed by atoms with E-state index in [2.05, 4.69) is 20.8 Å². The SMILES string of the molecule is O=C(Nc1sc(N/N=C/c2ccc(Cl)cc2)nc1-c1ccc(F)cc1)c1ccccc1. The van der Waals surface area contributed by atoms with E-state index in [1.54, 1.807) is 54.7 Å². The summed E-state index contributed by atoms with van der Waals surface area (Å²) >= 11 is 7.13. The molecule has 0 radical (unpaired) electrons. The van der Waals surface area contributed by atoms with Crippen molar-refractivity contribution in [2.45, 2.75) is 0 Å². The molecule has 0 saturated heterocycles. The summed E-state index contributed by atoms with van der Waals surface area (Å²) in [6.45, 7) is 0. The highest BCUT2D eigenvalue weighted by atomic mass is 35.5. The largest absolute Gasteiger partial charge is 0.312 e. The summed E-state index contributed by atoms with van der Waals surface area (Å²) in [6, 6.07) is 22.0. The number of thiazole rings is 1. The number of nitrogens with zero attached hydrogens (tertiary/aromatic N) is 2. The van der Waals surface area contributed by atoms with E-state index < -0.39 is 0 Å². The van der Waals surface area contributed by atoms with E-state index in [4.69, 9.17) is 11.6 Å². The Bertz CT molecular complexity index is 1210. The molecule has 1 amide bonds. The normalized spacial score (nSPS) is 10.9. The van der Waals surface area contributed by atoms with Gasteiger partial charge in [0.25, 0.3) is 5.91 Å². The van der Waals surface area contributed by atoms with Crippen molar-refractivity contribution < 1.29 is 9.18 Å². The Morgan fingerprint density at radius 1 is 1.00 bits per heavy atom. The van der Waals surface area contributed by atoms with Crippen molar-refractivity contribution in [1.82, 2.24) is 4.98 Å². The molecule has 4 aromatic rings. The lowest BCUT2D eigenvalue weighted by molar-refractivity contribution is 0.102. The first-order valence-electron chi connectivity index (χ1n) is 9.26. The molecule has 0 atom stereocenters. The first-order chi connectivity index (χ1) is 15.1. The van der Waals surface area contributed by atoms with Crippen LogP contribution in [-0.4, -0.2) is 17.1 Å². The van der Waals surface area contributed by atoms with Crippen LogP contribution in [0.4, 0.5) is 14.5 Å². The number of benzene rings is 3. The van der Waals surface area contributed by atoms with Crippen LogP contribution in [0.15, 0.2) is 84.0 Å². The van der Waals surface area contributed by atoms with Crippen molar-refractivity contribution in [3.8, 4) is 11.3 Å². The maximum atomic E-state index is 13.4. The number of carbonyl (C=O) groups excluding carboxylic acids is 1. The number of carbonyl (C=O) groups is 1. The number of aromatic nitrogens is 1. The van der Waals surface area contributed by atoms with Gasteiger partial charge in [0.2, 0.25) is 5.13 Å². The Hall–Kier alpha value is -3.55. The molecule has 1 heterocycles. The minimum absolute atomic E-state index is 0.260. The van der Waals surface area contributed by atoms with Crippen molar-refractivity contribution >= 4 is 45.2 Å². The Labute approximate surface area is 187 Å². The molecule has 0 saturated carbocycles. The fourth-order valence-electron chi connectivity index (χ4n) is 2.73. The molecule has 1 aromatic heterocycles. The second-order valence-corrected chi connectivity index (χ2v) is 7.88. The first-order valence-corrected chi connectivity index (χ1v) is 10.5. The maximum absolute atomic E-state index is 13.4. The number of hydrazone groups is 1. The third kappa shape index (κ3) is 5.33. The van der Waals surface area contributed by atoms with Gasteiger partial charge in [0, 0.05) is 16.1 Å².